The van der Waals surface area contributed by atoms with E-state index >= 15 is 0 Å². The van der Waals surface area contributed by atoms with Gasteiger partial charge in [-0.05, 0) is 42.7 Å². The number of nitrogens with zero attached hydrogens (tertiary/aromatic N) is 1. The lowest BCUT2D eigenvalue weighted by Crippen LogP contribution is -2.32. The molecule has 0 radical (unpaired) electrons. The number of carbonyl (C=O) groups excluding carboxylic acids is 1. The lowest BCUT2D eigenvalue weighted by Gasteiger charge is -2.26. The Balaban J connectivity index is 1.81. The van der Waals surface area contributed by atoms with Crippen molar-refractivity contribution in [3.05, 3.63) is 40.4 Å². The zero-order valence-electron chi connectivity index (χ0n) is 11.4. The number of hydrazine groups is 1. The Bertz CT molecular complexity index is 484. The zero-order valence-corrected chi connectivity index (χ0v) is 13.0. The van der Waals surface area contributed by atoms with Crippen molar-refractivity contribution in [3.63, 3.8) is 0 Å². The van der Waals surface area contributed by atoms with Crippen LogP contribution in [-0.4, -0.2) is 30.4 Å². The van der Waals surface area contributed by atoms with Crippen molar-refractivity contribution in [3.8, 4) is 0 Å². The smallest absolute Gasteiger partial charge is 0.233 e. The number of benzene rings is 1. The normalized spacial score (nSPS) is 15.8. The fourth-order valence-electron chi connectivity index (χ4n) is 2.38. The molecule has 108 valence electrons. The minimum atomic E-state index is -0.0897. The van der Waals surface area contributed by atoms with E-state index in [-0.39, 0.29) is 5.91 Å². The maximum atomic E-state index is 11.0. The highest BCUT2D eigenvalue weighted by Gasteiger charge is 2.12. The number of carbonyl (C=O) groups is 1. The number of nitrogens with two attached hydrogens (primary N) is 1. The average Bonchev–Trinajstić information content (AvgIpc) is 2.48. The van der Waals surface area contributed by atoms with Crippen LogP contribution in [0.1, 0.15) is 24.8 Å². The molecule has 0 bridgehead atoms. The summed E-state index contributed by atoms with van der Waals surface area (Å²) in [5, 5.41) is 0. The average molecular weight is 338 g/mol. The van der Waals surface area contributed by atoms with Crippen LogP contribution in [0.25, 0.3) is 5.57 Å². The van der Waals surface area contributed by atoms with Gasteiger partial charge in [-0.2, -0.15) is 0 Å². The molecule has 20 heavy (non-hydrogen) atoms. The molecule has 1 aromatic carbocycles. The van der Waals surface area contributed by atoms with Gasteiger partial charge in [-0.3, -0.25) is 15.1 Å². The van der Waals surface area contributed by atoms with E-state index in [9.17, 15) is 4.79 Å². The van der Waals surface area contributed by atoms with Crippen molar-refractivity contribution in [2.75, 3.05) is 19.6 Å². The summed E-state index contributed by atoms with van der Waals surface area (Å²) in [5.74, 6) is 4.97. The van der Waals surface area contributed by atoms with Gasteiger partial charge in [0.1, 0.15) is 0 Å². The number of amides is 1. The molecule has 0 saturated carbocycles. The second-order valence-corrected chi connectivity index (χ2v) is 5.87. The molecule has 0 aliphatic carbocycles. The van der Waals surface area contributed by atoms with Crippen LogP contribution in [0, 0.1) is 0 Å². The fourth-order valence-corrected chi connectivity index (χ4v) is 2.64. The fraction of sp³-hybridized carbons (Fsp3) is 0.400. The van der Waals surface area contributed by atoms with Crippen LogP contribution < -0.4 is 11.3 Å². The monoisotopic (exact) mass is 337 g/mol. The lowest BCUT2D eigenvalue weighted by molar-refractivity contribution is -0.121. The minimum absolute atomic E-state index is 0.0897. The third-order valence-corrected chi connectivity index (χ3v) is 4.08. The predicted molar refractivity (Wildman–Crippen MR) is 84.7 cm³/mol. The van der Waals surface area contributed by atoms with Gasteiger partial charge < -0.3 is 0 Å². The van der Waals surface area contributed by atoms with Crippen LogP contribution in [0.5, 0.6) is 0 Å². The predicted octanol–water partition coefficient (Wildman–Crippen LogP) is 2.31. The van der Waals surface area contributed by atoms with Crippen LogP contribution in [0.2, 0.25) is 0 Å². The Morgan fingerprint density at radius 2 is 2.10 bits per heavy atom. The molecule has 1 aromatic rings. The molecule has 2 rings (SSSR count). The molecule has 0 atom stereocenters. The number of hydrogen-bond acceptors (Lipinski definition) is 3. The topological polar surface area (TPSA) is 58.4 Å². The molecule has 1 aliphatic heterocycles. The van der Waals surface area contributed by atoms with Crippen molar-refractivity contribution in [1.29, 1.82) is 0 Å². The quantitative estimate of drug-likeness (QED) is 0.492. The summed E-state index contributed by atoms with van der Waals surface area (Å²) in [5.41, 5.74) is 4.87. The minimum Gasteiger partial charge on any atom is -0.299 e. The standard InChI is InChI=1S/C15H20BrN3O/c16-14-5-3-12(4-6-14)13-7-10-19(11-8-13)9-1-2-15(20)18-17/h3-7H,1-2,8-11,17H2,(H,18,20). The Morgan fingerprint density at radius 3 is 2.70 bits per heavy atom. The molecule has 1 aliphatic rings. The summed E-state index contributed by atoms with van der Waals surface area (Å²) in [6.45, 7) is 2.94. The lowest BCUT2D eigenvalue weighted by atomic mass is 9.99. The van der Waals surface area contributed by atoms with Gasteiger partial charge in [-0.1, -0.05) is 34.1 Å². The van der Waals surface area contributed by atoms with Crippen molar-refractivity contribution >= 4 is 27.4 Å². The van der Waals surface area contributed by atoms with Gasteiger partial charge in [0.25, 0.3) is 0 Å². The molecule has 0 aromatic heterocycles. The third-order valence-electron chi connectivity index (χ3n) is 3.55. The summed E-state index contributed by atoms with van der Waals surface area (Å²) in [6, 6.07) is 8.45. The maximum absolute atomic E-state index is 11.0. The van der Waals surface area contributed by atoms with Gasteiger partial charge in [-0.15, -0.1) is 0 Å². The highest BCUT2D eigenvalue weighted by Crippen LogP contribution is 2.23. The van der Waals surface area contributed by atoms with Crippen molar-refractivity contribution < 1.29 is 4.79 Å². The molecule has 0 saturated heterocycles. The molecule has 5 heteroatoms. The Morgan fingerprint density at radius 1 is 1.35 bits per heavy atom. The van der Waals surface area contributed by atoms with E-state index in [1.807, 2.05) is 0 Å². The third kappa shape index (κ3) is 4.44. The van der Waals surface area contributed by atoms with E-state index in [2.05, 4.69) is 56.6 Å². The van der Waals surface area contributed by atoms with Gasteiger partial charge in [0.2, 0.25) is 5.91 Å². The second kappa shape index (κ2) is 7.57. The first kappa shape index (κ1) is 15.2. The van der Waals surface area contributed by atoms with Crippen molar-refractivity contribution in [1.82, 2.24) is 10.3 Å². The zero-order chi connectivity index (χ0) is 14.4. The van der Waals surface area contributed by atoms with E-state index in [1.165, 1.54) is 11.1 Å². The Kier molecular flexibility index (Phi) is 5.76. The molecule has 1 amide bonds. The number of halogens is 1. The summed E-state index contributed by atoms with van der Waals surface area (Å²) < 4.78 is 1.11. The maximum Gasteiger partial charge on any atom is 0.233 e. The van der Waals surface area contributed by atoms with Gasteiger partial charge in [0.15, 0.2) is 0 Å². The van der Waals surface area contributed by atoms with Crippen molar-refractivity contribution in [2.24, 2.45) is 5.84 Å². The van der Waals surface area contributed by atoms with Gasteiger partial charge in [0, 0.05) is 24.0 Å². The first-order chi connectivity index (χ1) is 9.69. The molecule has 0 fully saturated rings. The Labute approximate surface area is 128 Å². The highest BCUT2D eigenvalue weighted by atomic mass is 79.9. The van der Waals surface area contributed by atoms with E-state index in [0.717, 1.165) is 36.9 Å². The summed E-state index contributed by atoms with van der Waals surface area (Å²) in [4.78, 5) is 13.4. The van der Waals surface area contributed by atoms with Crippen molar-refractivity contribution in [2.45, 2.75) is 19.3 Å². The molecule has 0 spiro atoms. The molecule has 1 heterocycles. The van der Waals surface area contributed by atoms with Crippen LogP contribution in [0.4, 0.5) is 0 Å². The van der Waals surface area contributed by atoms with E-state index in [1.54, 1.807) is 0 Å². The van der Waals surface area contributed by atoms with Gasteiger partial charge >= 0.3 is 0 Å². The van der Waals surface area contributed by atoms with Crippen LogP contribution in [-0.2, 0) is 4.79 Å². The summed E-state index contributed by atoms with van der Waals surface area (Å²) >= 11 is 3.46. The number of rotatable bonds is 5. The highest BCUT2D eigenvalue weighted by molar-refractivity contribution is 9.10. The second-order valence-electron chi connectivity index (χ2n) is 4.96. The molecule has 0 unspecified atom stereocenters. The molecule has 3 N–H and O–H groups in total. The van der Waals surface area contributed by atoms with Crippen LogP contribution in [0.15, 0.2) is 34.8 Å². The van der Waals surface area contributed by atoms with E-state index < -0.39 is 0 Å². The van der Waals surface area contributed by atoms with E-state index in [4.69, 9.17) is 5.84 Å². The largest absolute Gasteiger partial charge is 0.299 e. The van der Waals surface area contributed by atoms with Crippen LogP contribution >= 0.6 is 15.9 Å². The van der Waals surface area contributed by atoms with Crippen LogP contribution in [0.3, 0.4) is 0 Å². The molecule has 4 nitrogen and oxygen atoms in total. The SMILES string of the molecule is NNC(=O)CCCN1CC=C(c2ccc(Br)cc2)CC1. The van der Waals surface area contributed by atoms with Gasteiger partial charge in [0.05, 0.1) is 0 Å². The molecular weight excluding hydrogens is 318 g/mol. The summed E-state index contributed by atoms with van der Waals surface area (Å²) in [7, 11) is 0. The first-order valence-electron chi connectivity index (χ1n) is 6.86. The number of hydrogen-bond donors (Lipinski definition) is 2. The summed E-state index contributed by atoms with van der Waals surface area (Å²) in [6.07, 6.45) is 4.70. The Hall–Kier alpha value is -1.17. The van der Waals surface area contributed by atoms with Gasteiger partial charge in [-0.25, -0.2) is 5.84 Å². The first-order valence-corrected chi connectivity index (χ1v) is 7.65. The molecular formula is C15H20BrN3O. The van der Waals surface area contributed by atoms with E-state index in [0.29, 0.717) is 6.42 Å². The number of nitrogens with one attached hydrogen (secondary N) is 1.